The fourth-order valence-electron chi connectivity index (χ4n) is 7.48. The smallest absolute Gasteiger partial charge is 0.311 e. The molecule has 3 aliphatic carbocycles. The van der Waals surface area contributed by atoms with Crippen LogP contribution in [0.5, 0.6) is 5.75 Å². The third kappa shape index (κ3) is 4.28. The van der Waals surface area contributed by atoms with E-state index in [0.29, 0.717) is 29.9 Å². The molecule has 1 N–H and O–H groups in total. The number of ether oxygens (including phenoxy) is 1. The van der Waals surface area contributed by atoms with Crippen molar-refractivity contribution in [1.29, 1.82) is 0 Å². The minimum atomic E-state index is -1.58. The van der Waals surface area contributed by atoms with E-state index in [1.54, 1.807) is 0 Å². The first kappa shape index (κ1) is 25.5. The van der Waals surface area contributed by atoms with Crippen LogP contribution in [0.3, 0.4) is 0 Å². The molecule has 1 aromatic rings. The Balaban J connectivity index is 1.56. The first-order valence-corrected chi connectivity index (χ1v) is 16.5. The number of rotatable bonds is 6. The van der Waals surface area contributed by atoms with Crippen LogP contribution >= 0.6 is 0 Å². The summed E-state index contributed by atoms with van der Waals surface area (Å²) in [6, 6.07) is 9.85. The van der Waals surface area contributed by atoms with Gasteiger partial charge in [0.25, 0.3) is 0 Å². The van der Waals surface area contributed by atoms with E-state index >= 15 is 0 Å². The van der Waals surface area contributed by atoms with Crippen LogP contribution in [0.15, 0.2) is 18.2 Å². The van der Waals surface area contributed by atoms with E-state index in [2.05, 4.69) is 51.3 Å². The molecule has 4 heteroatoms. The van der Waals surface area contributed by atoms with Crippen molar-refractivity contribution in [3.05, 3.63) is 29.3 Å². The zero-order valence-electron chi connectivity index (χ0n) is 22.0. The molecule has 2 fully saturated rings. The first-order chi connectivity index (χ1) is 16.2. The molecule has 0 unspecified atom stereocenters. The Morgan fingerprint density at radius 3 is 2.53 bits per heavy atom. The Morgan fingerprint density at radius 2 is 1.85 bits per heavy atom. The van der Waals surface area contributed by atoms with Gasteiger partial charge in [-0.25, -0.2) is 0 Å². The van der Waals surface area contributed by atoms with Crippen molar-refractivity contribution >= 4 is 14.0 Å². The molecule has 1 aromatic carbocycles. The predicted molar refractivity (Wildman–Crippen MR) is 142 cm³/mol. The molecule has 0 aliphatic heterocycles. The molecule has 0 spiro atoms. The maximum absolute atomic E-state index is 11.9. The molecule has 0 heterocycles. The van der Waals surface area contributed by atoms with Crippen molar-refractivity contribution < 1.29 is 14.6 Å². The molecule has 34 heavy (non-hydrogen) atoms. The summed E-state index contributed by atoms with van der Waals surface area (Å²) in [7, 11) is -1.58. The highest BCUT2D eigenvalue weighted by Gasteiger charge is 2.61. The second kappa shape index (κ2) is 9.82. The third-order valence-electron chi connectivity index (χ3n) is 10.1. The highest BCUT2D eigenvalue weighted by atomic mass is 28.3. The Hall–Kier alpha value is -1.57. The zero-order chi connectivity index (χ0) is 24.6. The lowest BCUT2D eigenvalue weighted by Crippen LogP contribution is -2.50. The number of carbonyl (C=O) groups is 1. The van der Waals surface area contributed by atoms with Gasteiger partial charge in [-0.1, -0.05) is 46.6 Å². The van der Waals surface area contributed by atoms with Gasteiger partial charge in [0.15, 0.2) is 0 Å². The molecular formula is C30H44O3Si. The first-order valence-electron chi connectivity index (χ1n) is 13.8. The van der Waals surface area contributed by atoms with Crippen LogP contribution < -0.4 is 4.74 Å². The lowest BCUT2D eigenvalue weighted by molar-refractivity contribution is -0.134. The fourth-order valence-corrected chi connectivity index (χ4v) is 9.98. The summed E-state index contributed by atoms with van der Waals surface area (Å²) < 4.78 is 5.57. The van der Waals surface area contributed by atoms with Gasteiger partial charge in [-0.05, 0) is 104 Å². The molecule has 0 amide bonds. The number of fused-ring (bicyclic) bond motifs is 5. The normalized spacial score (nSPS) is 32.1. The highest BCUT2D eigenvalue weighted by molar-refractivity contribution is 6.87. The second-order valence-corrected chi connectivity index (χ2v) is 16.4. The molecule has 0 saturated heterocycles. The highest BCUT2D eigenvalue weighted by Crippen LogP contribution is 2.64. The Labute approximate surface area is 208 Å². The van der Waals surface area contributed by atoms with Crippen molar-refractivity contribution in [3.63, 3.8) is 0 Å². The van der Waals surface area contributed by atoms with Gasteiger partial charge in [0.2, 0.25) is 0 Å². The molecule has 186 valence electrons. The topological polar surface area (TPSA) is 46.5 Å². The van der Waals surface area contributed by atoms with Crippen LogP contribution in [0.2, 0.25) is 18.1 Å². The summed E-state index contributed by atoms with van der Waals surface area (Å²) in [4.78, 5) is 11.9. The summed E-state index contributed by atoms with van der Waals surface area (Å²) in [6.07, 6.45) is 7.52. The summed E-state index contributed by atoms with van der Waals surface area (Å²) in [5.74, 6) is 5.80. The number of benzene rings is 1. The van der Waals surface area contributed by atoms with Gasteiger partial charge >= 0.3 is 5.97 Å². The van der Waals surface area contributed by atoms with E-state index in [1.807, 2.05) is 13.0 Å². The number of hydrogen-bond acceptors (Lipinski definition) is 3. The molecular weight excluding hydrogens is 436 g/mol. The maximum atomic E-state index is 11.9. The molecule has 0 radical (unpaired) electrons. The second-order valence-electron chi connectivity index (χ2n) is 11.4. The van der Waals surface area contributed by atoms with E-state index in [1.165, 1.54) is 29.3 Å². The fraction of sp³-hybridized carbons (Fsp3) is 0.700. The van der Waals surface area contributed by atoms with Crippen LogP contribution in [-0.2, 0) is 11.2 Å². The average molecular weight is 481 g/mol. The molecule has 3 nitrogen and oxygen atoms in total. The van der Waals surface area contributed by atoms with Gasteiger partial charge in [-0.2, -0.15) is 0 Å². The van der Waals surface area contributed by atoms with Gasteiger partial charge in [-0.15, -0.1) is 5.54 Å². The molecule has 0 bridgehead atoms. The van der Waals surface area contributed by atoms with Crippen molar-refractivity contribution in [3.8, 4) is 17.2 Å². The van der Waals surface area contributed by atoms with Gasteiger partial charge in [-0.3, -0.25) is 4.79 Å². The van der Waals surface area contributed by atoms with E-state index in [4.69, 9.17) is 4.74 Å². The van der Waals surface area contributed by atoms with Gasteiger partial charge < -0.3 is 9.84 Å². The van der Waals surface area contributed by atoms with E-state index < -0.39 is 13.7 Å². The van der Waals surface area contributed by atoms with Crippen LogP contribution in [0.1, 0.15) is 96.6 Å². The predicted octanol–water partition coefficient (Wildman–Crippen LogP) is 7.03. The van der Waals surface area contributed by atoms with Crippen molar-refractivity contribution in [1.82, 2.24) is 0 Å². The summed E-state index contributed by atoms with van der Waals surface area (Å²) in [6.45, 7) is 11.2. The Kier molecular flexibility index (Phi) is 7.37. The molecule has 5 atom stereocenters. The minimum Gasteiger partial charge on any atom is -0.427 e. The van der Waals surface area contributed by atoms with Crippen molar-refractivity contribution in [2.75, 3.05) is 0 Å². The Bertz CT molecular complexity index is 963. The number of aryl methyl sites for hydroxylation is 1. The molecule has 2 saturated carbocycles. The summed E-state index contributed by atoms with van der Waals surface area (Å²) in [5, 5.41) is 11.9. The average Bonchev–Trinajstić information content (AvgIpc) is 3.11. The van der Waals surface area contributed by atoms with E-state index in [0.717, 1.165) is 44.9 Å². The van der Waals surface area contributed by atoms with Crippen molar-refractivity contribution in [2.45, 2.75) is 116 Å². The lowest BCUT2D eigenvalue weighted by atomic mass is 9.53. The van der Waals surface area contributed by atoms with E-state index in [-0.39, 0.29) is 11.4 Å². The number of carbonyl (C=O) groups excluding carboxylic acids is 1. The molecule has 4 rings (SSSR count). The maximum Gasteiger partial charge on any atom is 0.311 e. The zero-order valence-corrected chi connectivity index (χ0v) is 23.0. The molecule has 3 aliphatic rings. The van der Waals surface area contributed by atoms with Gasteiger partial charge in [0.1, 0.15) is 19.4 Å². The van der Waals surface area contributed by atoms with Crippen LogP contribution in [0, 0.1) is 28.7 Å². The lowest BCUT2D eigenvalue weighted by Gasteiger charge is -2.52. The van der Waals surface area contributed by atoms with Crippen LogP contribution in [-0.4, -0.2) is 24.8 Å². The van der Waals surface area contributed by atoms with Crippen LogP contribution in [0.4, 0.5) is 0 Å². The molecule has 0 aromatic heterocycles. The SMILES string of the molecule is CCCC(=O)Oc1ccc2c(c1)CC[C@@H]1[C@@H]2CC[C@@]2(C)[C@H]1CC[C@@]2(O)C#C[Si](CC)(CC)CC. The van der Waals surface area contributed by atoms with E-state index in [9.17, 15) is 9.90 Å². The number of esters is 1. The third-order valence-corrected chi connectivity index (χ3v) is 14.8. The van der Waals surface area contributed by atoms with Gasteiger partial charge in [0, 0.05) is 11.8 Å². The van der Waals surface area contributed by atoms with Crippen LogP contribution in [0.25, 0.3) is 0 Å². The standard InChI is InChI=1S/C30H44O3Si/c1-6-10-28(31)33-23-12-14-24-22(21-23)11-13-26-25(24)15-17-29(5)27(26)16-18-30(29,32)19-20-34(7-2,8-3)9-4/h12,14,21,25-27,32H,6-11,13,15-18H2,1-5H3/t25-,26-,27+,29+,30-/m1/s1. The van der Waals surface area contributed by atoms with Gasteiger partial charge in [0.05, 0.1) is 0 Å². The quantitative estimate of drug-likeness (QED) is 0.206. The minimum absolute atomic E-state index is 0.107. The largest absolute Gasteiger partial charge is 0.427 e. The number of hydrogen-bond donors (Lipinski definition) is 1. The van der Waals surface area contributed by atoms with Crippen molar-refractivity contribution in [2.24, 2.45) is 17.3 Å². The number of aliphatic hydroxyl groups is 1. The summed E-state index contributed by atoms with van der Waals surface area (Å²) in [5.41, 5.74) is 5.60. The Morgan fingerprint density at radius 1 is 1.12 bits per heavy atom. The monoisotopic (exact) mass is 480 g/mol. The summed E-state index contributed by atoms with van der Waals surface area (Å²) >= 11 is 0.